The molecule has 0 aliphatic heterocycles. The van der Waals surface area contributed by atoms with E-state index in [0.717, 1.165) is 17.7 Å². The zero-order chi connectivity index (χ0) is 16.7. The Balaban J connectivity index is 1.90. The molecular weight excluding hydrogens is 292 g/mol. The minimum Gasteiger partial charge on any atom is -0.465 e. The number of para-hydroxylation sites is 1. The van der Waals surface area contributed by atoms with Gasteiger partial charge in [-0.05, 0) is 36.3 Å². The number of furan rings is 1. The Bertz CT molecular complexity index is 690. The monoisotopic (exact) mass is 312 g/mol. The Kier molecular flexibility index (Phi) is 5.74. The van der Waals surface area contributed by atoms with Gasteiger partial charge in [0.25, 0.3) is 0 Å². The number of carbonyl (C=O) groups excluding carboxylic acids is 2. The molecule has 23 heavy (non-hydrogen) atoms. The normalized spacial score (nSPS) is 10.7. The first kappa shape index (κ1) is 16.5. The third-order valence-electron chi connectivity index (χ3n) is 3.36. The summed E-state index contributed by atoms with van der Waals surface area (Å²) in [6.45, 7) is 2.01. The van der Waals surface area contributed by atoms with Gasteiger partial charge >= 0.3 is 0 Å². The summed E-state index contributed by atoms with van der Waals surface area (Å²) >= 11 is 0. The van der Waals surface area contributed by atoms with Crippen molar-refractivity contribution >= 4 is 23.6 Å². The largest absolute Gasteiger partial charge is 0.465 e. The first-order chi connectivity index (χ1) is 11.1. The third kappa shape index (κ3) is 4.85. The summed E-state index contributed by atoms with van der Waals surface area (Å²) < 4.78 is 5.11. The van der Waals surface area contributed by atoms with Gasteiger partial charge in [0.2, 0.25) is 11.8 Å². The van der Waals surface area contributed by atoms with Crippen molar-refractivity contribution in [2.45, 2.75) is 13.3 Å². The molecule has 0 fully saturated rings. The number of hydrogen-bond acceptors (Lipinski definition) is 3. The Labute approximate surface area is 135 Å². The topological polar surface area (TPSA) is 62.6 Å². The minimum absolute atomic E-state index is 0.0145. The minimum atomic E-state index is -0.264. The highest BCUT2D eigenvalue weighted by Crippen LogP contribution is 2.15. The van der Waals surface area contributed by atoms with Crippen molar-refractivity contribution in [1.82, 2.24) is 4.90 Å². The summed E-state index contributed by atoms with van der Waals surface area (Å²) in [5.41, 5.74) is 1.85. The molecule has 1 N–H and O–H groups in total. The number of carbonyl (C=O) groups is 2. The molecule has 2 amide bonds. The summed E-state index contributed by atoms with van der Waals surface area (Å²) in [6, 6.07) is 11.1. The van der Waals surface area contributed by atoms with Crippen molar-refractivity contribution in [3.63, 3.8) is 0 Å². The van der Waals surface area contributed by atoms with E-state index in [1.165, 1.54) is 17.2 Å². The molecule has 0 atom stereocenters. The smallest absolute Gasteiger partial charge is 0.246 e. The second-order valence-corrected chi connectivity index (χ2v) is 5.10. The van der Waals surface area contributed by atoms with Crippen LogP contribution in [0.2, 0.25) is 0 Å². The van der Waals surface area contributed by atoms with Gasteiger partial charge in [0, 0.05) is 18.8 Å². The van der Waals surface area contributed by atoms with Gasteiger partial charge in [0.05, 0.1) is 12.8 Å². The predicted molar refractivity (Wildman–Crippen MR) is 89.8 cm³/mol. The van der Waals surface area contributed by atoms with E-state index in [-0.39, 0.29) is 18.4 Å². The van der Waals surface area contributed by atoms with E-state index in [1.54, 1.807) is 25.3 Å². The van der Waals surface area contributed by atoms with Crippen LogP contribution in [0.25, 0.3) is 6.08 Å². The Hall–Kier alpha value is -2.82. The maximum absolute atomic E-state index is 12.1. The summed E-state index contributed by atoms with van der Waals surface area (Å²) in [6.07, 6.45) is 5.32. The SMILES string of the molecule is CCc1ccccc1NC(=O)CN(C)C(=O)/C=C/c1ccco1. The average Bonchev–Trinajstić information content (AvgIpc) is 3.06. The van der Waals surface area contributed by atoms with Crippen molar-refractivity contribution in [1.29, 1.82) is 0 Å². The molecule has 5 nitrogen and oxygen atoms in total. The number of aryl methyl sites for hydroxylation is 1. The van der Waals surface area contributed by atoms with Gasteiger partial charge in [0.15, 0.2) is 0 Å². The number of benzene rings is 1. The Morgan fingerprint density at radius 2 is 2.00 bits per heavy atom. The van der Waals surface area contributed by atoms with Crippen LogP contribution in [-0.4, -0.2) is 30.3 Å². The van der Waals surface area contributed by atoms with Gasteiger partial charge < -0.3 is 14.6 Å². The number of amides is 2. The highest BCUT2D eigenvalue weighted by atomic mass is 16.3. The third-order valence-corrected chi connectivity index (χ3v) is 3.36. The summed E-state index contributed by atoms with van der Waals surface area (Å²) in [4.78, 5) is 25.4. The van der Waals surface area contributed by atoms with E-state index in [0.29, 0.717) is 5.76 Å². The molecule has 0 bridgehead atoms. The van der Waals surface area contributed by atoms with Crippen LogP contribution < -0.4 is 5.32 Å². The van der Waals surface area contributed by atoms with Crippen molar-refractivity contribution in [2.75, 3.05) is 18.9 Å². The Morgan fingerprint density at radius 1 is 1.22 bits per heavy atom. The van der Waals surface area contributed by atoms with Gasteiger partial charge in [-0.15, -0.1) is 0 Å². The van der Waals surface area contributed by atoms with Crippen molar-refractivity contribution in [3.8, 4) is 0 Å². The van der Waals surface area contributed by atoms with Gasteiger partial charge in [-0.25, -0.2) is 0 Å². The van der Waals surface area contributed by atoms with Crippen LogP contribution in [0.15, 0.2) is 53.2 Å². The molecule has 1 aromatic heterocycles. The lowest BCUT2D eigenvalue weighted by Gasteiger charge is -2.16. The molecule has 120 valence electrons. The van der Waals surface area contributed by atoms with Gasteiger partial charge in [-0.3, -0.25) is 9.59 Å². The molecule has 0 saturated carbocycles. The lowest BCUT2D eigenvalue weighted by molar-refractivity contribution is -0.129. The fraction of sp³-hybridized carbons (Fsp3) is 0.222. The first-order valence-electron chi connectivity index (χ1n) is 7.44. The average molecular weight is 312 g/mol. The van der Waals surface area contributed by atoms with Gasteiger partial charge in [0.1, 0.15) is 5.76 Å². The lowest BCUT2D eigenvalue weighted by Crippen LogP contribution is -2.34. The van der Waals surface area contributed by atoms with Gasteiger partial charge in [-0.1, -0.05) is 25.1 Å². The number of nitrogens with zero attached hydrogens (tertiary/aromatic N) is 1. The quantitative estimate of drug-likeness (QED) is 0.834. The molecule has 5 heteroatoms. The van der Waals surface area contributed by atoms with Gasteiger partial charge in [-0.2, -0.15) is 0 Å². The summed E-state index contributed by atoms with van der Waals surface area (Å²) in [7, 11) is 1.58. The Morgan fingerprint density at radius 3 is 2.70 bits per heavy atom. The second-order valence-electron chi connectivity index (χ2n) is 5.10. The fourth-order valence-corrected chi connectivity index (χ4v) is 2.10. The molecule has 0 saturated heterocycles. The molecule has 2 aromatic rings. The maximum Gasteiger partial charge on any atom is 0.246 e. The van der Waals surface area contributed by atoms with Crippen LogP contribution in [0.5, 0.6) is 0 Å². The summed E-state index contributed by atoms with van der Waals surface area (Å²) in [5, 5.41) is 2.84. The molecule has 0 radical (unpaired) electrons. The van der Waals surface area contributed by atoms with Crippen molar-refractivity contribution in [2.24, 2.45) is 0 Å². The standard InChI is InChI=1S/C18H20N2O3/c1-3-14-7-4-5-9-16(14)19-17(21)13-20(2)18(22)11-10-15-8-6-12-23-15/h4-12H,3,13H2,1-2H3,(H,19,21)/b11-10+. The molecule has 1 aromatic carbocycles. The molecular formula is C18H20N2O3. The zero-order valence-electron chi connectivity index (χ0n) is 13.3. The fourth-order valence-electron chi connectivity index (χ4n) is 2.10. The van der Waals surface area contributed by atoms with E-state index >= 15 is 0 Å². The number of hydrogen-bond donors (Lipinski definition) is 1. The molecule has 0 spiro atoms. The van der Waals surface area contributed by atoms with E-state index in [4.69, 9.17) is 4.42 Å². The lowest BCUT2D eigenvalue weighted by atomic mass is 10.1. The van der Waals surface area contributed by atoms with E-state index < -0.39 is 0 Å². The van der Waals surface area contributed by atoms with Crippen LogP contribution in [0.3, 0.4) is 0 Å². The first-order valence-corrected chi connectivity index (χ1v) is 7.44. The number of likely N-dealkylation sites (N-methyl/N-ethyl adjacent to an activating group) is 1. The molecule has 0 aliphatic rings. The van der Waals surface area contributed by atoms with E-state index in [9.17, 15) is 9.59 Å². The van der Waals surface area contributed by atoms with Crippen LogP contribution >= 0.6 is 0 Å². The van der Waals surface area contributed by atoms with E-state index in [2.05, 4.69) is 5.32 Å². The molecule has 0 unspecified atom stereocenters. The van der Waals surface area contributed by atoms with Crippen LogP contribution in [-0.2, 0) is 16.0 Å². The number of rotatable bonds is 6. The summed E-state index contributed by atoms with van der Waals surface area (Å²) in [5.74, 6) is 0.0987. The van der Waals surface area contributed by atoms with Crippen molar-refractivity contribution in [3.05, 3.63) is 60.1 Å². The molecule has 0 aliphatic carbocycles. The van der Waals surface area contributed by atoms with Crippen LogP contribution in [0.4, 0.5) is 5.69 Å². The molecule has 1 heterocycles. The number of anilines is 1. The highest BCUT2D eigenvalue weighted by molar-refractivity contribution is 5.98. The van der Waals surface area contributed by atoms with E-state index in [1.807, 2.05) is 31.2 Å². The highest BCUT2D eigenvalue weighted by Gasteiger charge is 2.12. The number of nitrogens with one attached hydrogen (secondary N) is 1. The van der Waals surface area contributed by atoms with Crippen molar-refractivity contribution < 1.29 is 14.0 Å². The maximum atomic E-state index is 12.1. The predicted octanol–water partition coefficient (Wildman–Crippen LogP) is 2.95. The van der Waals surface area contributed by atoms with Crippen LogP contribution in [0, 0.1) is 0 Å². The molecule has 2 rings (SSSR count). The second kappa shape index (κ2) is 7.98. The zero-order valence-corrected chi connectivity index (χ0v) is 13.3. The van der Waals surface area contributed by atoms with Crippen LogP contribution in [0.1, 0.15) is 18.2 Å².